The van der Waals surface area contributed by atoms with E-state index in [1.807, 2.05) is 12.1 Å². The van der Waals surface area contributed by atoms with E-state index < -0.39 is 11.9 Å². The number of hydrogen-bond acceptors (Lipinski definition) is 3. The van der Waals surface area contributed by atoms with Crippen LogP contribution < -0.4 is 5.32 Å². The number of aromatic nitrogens is 1. The first-order valence-corrected chi connectivity index (χ1v) is 5.22. The second-order valence-electron chi connectivity index (χ2n) is 3.54. The van der Waals surface area contributed by atoms with Crippen molar-refractivity contribution in [2.24, 2.45) is 0 Å². The number of anilines is 1. The van der Waals surface area contributed by atoms with Crippen molar-refractivity contribution in [1.82, 2.24) is 4.98 Å². The third-order valence-electron chi connectivity index (χ3n) is 2.28. The summed E-state index contributed by atoms with van der Waals surface area (Å²) in [5, 5.41) is 11.8. The molecule has 1 amide bonds. The number of carbonyl (C=O) groups is 2. The van der Waals surface area contributed by atoms with Crippen molar-refractivity contribution in [1.29, 1.82) is 0 Å². The second-order valence-corrected chi connectivity index (χ2v) is 3.54. The van der Waals surface area contributed by atoms with Crippen LogP contribution in [0.1, 0.15) is 0 Å². The van der Waals surface area contributed by atoms with E-state index >= 15 is 0 Å². The highest BCUT2D eigenvalue weighted by Crippen LogP contribution is 2.21. The van der Waals surface area contributed by atoms with Crippen LogP contribution in [0.4, 0.5) is 5.69 Å². The largest absolute Gasteiger partial charge is 0.478 e. The average Bonchev–Trinajstić information content (AvgIpc) is 2.37. The van der Waals surface area contributed by atoms with E-state index in [1.165, 1.54) is 0 Å². The quantitative estimate of drug-likeness (QED) is 0.804. The molecule has 90 valence electrons. The van der Waals surface area contributed by atoms with Gasteiger partial charge in [0.05, 0.1) is 11.2 Å². The molecule has 2 aromatic rings. The summed E-state index contributed by atoms with van der Waals surface area (Å²) in [4.78, 5) is 25.9. The molecule has 0 saturated carbocycles. The first-order valence-electron chi connectivity index (χ1n) is 5.22. The number of pyridine rings is 1. The molecular weight excluding hydrogens is 232 g/mol. The molecule has 0 spiro atoms. The van der Waals surface area contributed by atoms with Gasteiger partial charge in [-0.1, -0.05) is 6.07 Å². The fourth-order valence-electron chi connectivity index (χ4n) is 1.53. The van der Waals surface area contributed by atoms with Gasteiger partial charge in [0.1, 0.15) is 0 Å². The van der Waals surface area contributed by atoms with Gasteiger partial charge in [0.15, 0.2) is 0 Å². The number of nitrogens with zero attached hydrogens (tertiary/aromatic N) is 1. The maximum Gasteiger partial charge on any atom is 0.328 e. The van der Waals surface area contributed by atoms with Gasteiger partial charge in [-0.15, -0.1) is 0 Å². The van der Waals surface area contributed by atoms with Crippen LogP contribution in [-0.4, -0.2) is 22.0 Å². The summed E-state index contributed by atoms with van der Waals surface area (Å²) in [5.41, 5.74) is 1.36. The lowest BCUT2D eigenvalue weighted by Crippen LogP contribution is -2.09. The van der Waals surface area contributed by atoms with Gasteiger partial charge >= 0.3 is 5.97 Å². The molecule has 18 heavy (non-hydrogen) atoms. The Morgan fingerprint density at radius 3 is 2.78 bits per heavy atom. The SMILES string of the molecule is O=C(O)/C=C\C(=O)Nc1cccc2ncccc12. The minimum absolute atomic E-state index is 0.492. The zero-order chi connectivity index (χ0) is 13.0. The smallest absolute Gasteiger partial charge is 0.328 e. The molecule has 2 N–H and O–H groups in total. The molecule has 5 heteroatoms. The van der Waals surface area contributed by atoms with E-state index in [1.54, 1.807) is 24.4 Å². The molecule has 1 aromatic carbocycles. The summed E-state index contributed by atoms with van der Waals surface area (Å²) in [5.74, 6) is -1.65. The maximum atomic E-state index is 11.5. The van der Waals surface area contributed by atoms with Gasteiger partial charge in [0.25, 0.3) is 0 Å². The molecule has 0 fully saturated rings. The van der Waals surface area contributed by atoms with Gasteiger partial charge in [0, 0.05) is 23.7 Å². The number of fused-ring (bicyclic) bond motifs is 1. The minimum Gasteiger partial charge on any atom is -0.478 e. The Balaban J connectivity index is 2.27. The van der Waals surface area contributed by atoms with Gasteiger partial charge < -0.3 is 10.4 Å². The highest BCUT2D eigenvalue weighted by Gasteiger charge is 2.03. The lowest BCUT2D eigenvalue weighted by atomic mass is 10.2. The summed E-state index contributed by atoms with van der Waals surface area (Å²) in [6.45, 7) is 0. The highest BCUT2D eigenvalue weighted by molar-refractivity contribution is 6.06. The Bertz CT molecular complexity index is 630. The van der Waals surface area contributed by atoms with Gasteiger partial charge in [-0.05, 0) is 24.3 Å². The van der Waals surface area contributed by atoms with E-state index in [0.29, 0.717) is 5.69 Å². The number of carbonyl (C=O) groups excluding carboxylic acids is 1. The molecule has 0 aliphatic rings. The van der Waals surface area contributed by atoms with Gasteiger partial charge in [-0.25, -0.2) is 4.79 Å². The van der Waals surface area contributed by atoms with E-state index in [0.717, 1.165) is 23.1 Å². The summed E-state index contributed by atoms with van der Waals surface area (Å²) < 4.78 is 0. The van der Waals surface area contributed by atoms with Crippen LogP contribution in [0.25, 0.3) is 10.9 Å². The molecule has 0 unspecified atom stereocenters. The Kier molecular flexibility index (Phi) is 3.33. The van der Waals surface area contributed by atoms with Crippen LogP contribution in [0.2, 0.25) is 0 Å². The first kappa shape index (κ1) is 11.8. The van der Waals surface area contributed by atoms with E-state index in [2.05, 4.69) is 10.3 Å². The van der Waals surface area contributed by atoms with Crippen molar-refractivity contribution in [3.8, 4) is 0 Å². The summed E-state index contributed by atoms with van der Waals surface area (Å²) in [7, 11) is 0. The van der Waals surface area contributed by atoms with Crippen molar-refractivity contribution in [2.75, 3.05) is 5.32 Å². The fraction of sp³-hybridized carbons (Fsp3) is 0. The van der Waals surface area contributed by atoms with Crippen molar-refractivity contribution >= 4 is 28.5 Å². The summed E-state index contributed by atoms with van der Waals surface area (Å²) in [6, 6.07) is 8.93. The van der Waals surface area contributed by atoms with E-state index in [9.17, 15) is 9.59 Å². The molecule has 5 nitrogen and oxygen atoms in total. The number of amides is 1. The molecule has 0 radical (unpaired) electrons. The van der Waals surface area contributed by atoms with Crippen LogP contribution in [0, 0.1) is 0 Å². The van der Waals surface area contributed by atoms with E-state index in [4.69, 9.17) is 5.11 Å². The van der Waals surface area contributed by atoms with Gasteiger partial charge in [-0.2, -0.15) is 0 Å². The Hall–Kier alpha value is -2.69. The van der Waals surface area contributed by atoms with Crippen LogP contribution in [0.3, 0.4) is 0 Å². The molecular formula is C13H10N2O3. The molecule has 0 aliphatic heterocycles. The molecule has 0 bridgehead atoms. The number of carboxylic acid groups (broad SMARTS) is 1. The third kappa shape index (κ3) is 2.70. The third-order valence-corrected chi connectivity index (χ3v) is 2.28. The molecule has 1 heterocycles. The molecule has 0 atom stereocenters. The standard InChI is InChI=1S/C13H10N2O3/c16-12(6-7-13(17)18)15-11-5-1-4-10-9(11)3-2-8-14-10/h1-8H,(H,15,16)(H,17,18)/b7-6-. The van der Waals surface area contributed by atoms with Crippen molar-refractivity contribution in [3.05, 3.63) is 48.7 Å². The monoisotopic (exact) mass is 242 g/mol. The minimum atomic E-state index is -1.16. The second kappa shape index (κ2) is 5.09. The zero-order valence-electron chi connectivity index (χ0n) is 9.33. The predicted molar refractivity (Wildman–Crippen MR) is 67.1 cm³/mol. The number of carboxylic acids is 1. The van der Waals surface area contributed by atoms with Crippen molar-refractivity contribution in [2.45, 2.75) is 0 Å². The van der Waals surface area contributed by atoms with Gasteiger partial charge in [-0.3, -0.25) is 9.78 Å². The lowest BCUT2D eigenvalue weighted by molar-refractivity contribution is -0.131. The molecule has 0 saturated heterocycles. The number of rotatable bonds is 3. The van der Waals surface area contributed by atoms with Crippen LogP contribution >= 0.6 is 0 Å². The lowest BCUT2D eigenvalue weighted by Gasteiger charge is -2.05. The van der Waals surface area contributed by atoms with Crippen LogP contribution in [-0.2, 0) is 9.59 Å². The Morgan fingerprint density at radius 1 is 1.17 bits per heavy atom. The normalized spacial score (nSPS) is 10.7. The first-order chi connectivity index (χ1) is 8.66. The van der Waals surface area contributed by atoms with Crippen LogP contribution in [0.15, 0.2) is 48.7 Å². The number of aliphatic carboxylic acids is 1. The Labute approximate surface area is 103 Å². The fourth-order valence-corrected chi connectivity index (χ4v) is 1.53. The summed E-state index contributed by atoms with van der Waals surface area (Å²) >= 11 is 0. The molecule has 1 aromatic heterocycles. The average molecular weight is 242 g/mol. The van der Waals surface area contributed by atoms with Gasteiger partial charge in [0.2, 0.25) is 5.91 Å². The number of hydrogen-bond donors (Lipinski definition) is 2. The number of nitrogens with one attached hydrogen (secondary N) is 1. The molecule has 0 aliphatic carbocycles. The van der Waals surface area contributed by atoms with Crippen molar-refractivity contribution in [3.63, 3.8) is 0 Å². The van der Waals surface area contributed by atoms with Crippen molar-refractivity contribution < 1.29 is 14.7 Å². The Morgan fingerprint density at radius 2 is 2.00 bits per heavy atom. The zero-order valence-corrected chi connectivity index (χ0v) is 9.33. The number of benzene rings is 1. The predicted octanol–water partition coefficient (Wildman–Crippen LogP) is 1.81. The highest BCUT2D eigenvalue weighted by atomic mass is 16.4. The van der Waals surface area contributed by atoms with Crippen LogP contribution in [0.5, 0.6) is 0 Å². The maximum absolute atomic E-state index is 11.5. The summed E-state index contributed by atoms with van der Waals surface area (Å²) in [6.07, 6.45) is 3.43. The van der Waals surface area contributed by atoms with E-state index in [-0.39, 0.29) is 0 Å². The topological polar surface area (TPSA) is 79.3 Å². The molecule has 2 rings (SSSR count).